The van der Waals surface area contributed by atoms with Gasteiger partial charge in [0.2, 0.25) is 23.6 Å². The summed E-state index contributed by atoms with van der Waals surface area (Å²) in [5.74, 6) is -3.53. The van der Waals surface area contributed by atoms with Gasteiger partial charge in [0, 0.05) is 19.4 Å². The molecule has 3 atom stereocenters. The first-order chi connectivity index (χ1) is 15.2. The normalized spacial score (nSPS) is 17.3. The van der Waals surface area contributed by atoms with Crippen molar-refractivity contribution in [1.29, 1.82) is 0 Å². The highest BCUT2D eigenvalue weighted by atomic mass is 16.4. The summed E-state index contributed by atoms with van der Waals surface area (Å²) >= 11 is 0. The second kappa shape index (κ2) is 11.8. The summed E-state index contributed by atoms with van der Waals surface area (Å²) in [6.07, 6.45) is 0.813. The predicted octanol–water partition coefficient (Wildman–Crippen LogP) is -1.50. The van der Waals surface area contributed by atoms with Crippen molar-refractivity contribution >= 4 is 29.6 Å². The number of amides is 4. The molecule has 0 bridgehead atoms. The number of hydrogen-bond donors (Lipinski definition) is 5. The minimum Gasteiger partial charge on any atom is -0.480 e. The molecular weight excluding hydrogens is 418 g/mol. The van der Waals surface area contributed by atoms with E-state index in [2.05, 4.69) is 10.6 Å². The molecule has 0 radical (unpaired) electrons. The largest absolute Gasteiger partial charge is 0.480 e. The lowest BCUT2D eigenvalue weighted by atomic mass is 10.0. The van der Waals surface area contributed by atoms with Crippen molar-refractivity contribution < 1.29 is 29.1 Å². The van der Waals surface area contributed by atoms with Gasteiger partial charge in [-0.05, 0) is 24.8 Å². The van der Waals surface area contributed by atoms with Crippen LogP contribution in [0.25, 0.3) is 0 Å². The zero-order valence-corrected chi connectivity index (χ0v) is 17.7. The van der Waals surface area contributed by atoms with Gasteiger partial charge >= 0.3 is 5.97 Å². The summed E-state index contributed by atoms with van der Waals surface area (Å²) in [5.41, 5.74) is 11.2. The third-order valence-electron chi connectivity index (χ3n) is 5.23. The Kier molecular flexibility index (Phi) is 9.14. The number of rotatable bonds is 11. The Morgan fingerprint density at radius 2 is 1.78 bits per heavy atom. The van der Waals surface area contributed by atoms with Crippen LogP contribution in [0.2, 0.25) is 0 Å². The predicted molar refractivity (Wildman–Crippen MR) is 114 cm³/mol. The van der Waals surface area contributed by atoms with E-state index >= 15 is 0 Å². The molecule has 32 heavy (non-hydrogen) atoms. The number of benzene rings is 1. The van der Waals surface area contributed by atoms with Gasteiger partial charge in [-0.25, -0.2) is 4.79 Å². The van der Waals surface area contributed by atoms with E-state index < -0.39 is 47.7 Å². The lowest BCUT2D eigenvalue weighted by Crippen LogP contribution is -2.56. The highest BCUT2D eigenvalue weighted by Gasteiger charge is 2.38. The van der Waals surface area contributed by atoms with Crippen molar-refractivity contribution in [2.45, 2.75) is 50.2 Å². The van der Waals surface area contributed by atoms with Crippen LogP contribution in [0.5, 0.6) is 0 Å². The van der Waals surface area contributed by atoms with Crippen molar-refractivity contribution in [3.63, 3.8) is 0 Å². The molecule has 1 aliphatic rings. The number of hydrogen-bond acceptors (Lipinski definition) is 6. The molecule has 2 rings (SSSR count). The number of carbonyl (C=O) groups is 5. The first kappa shape index (κ1) is 24.8. The van der Waals surface area contributed by atoms with Crippen LogP contribution >= 0.6 is 0 Å². The molecule has 174 valence electrons. The van der Waals surface area contributed by atoms with E-state index in [1.165, 1.54) is 4.90 Å². The van der Waals surface area contributed by atoms with Gasteiger partial charge in [-0.3, -0.25) is 19.2 Å². The second-order valence-electron chi connectivity index (χ2n) is 7.61. The van der Waals surface area contributed by atoms with Gasteiger partial charge < -0.3 is 32.1 Å². The average molecular weight is 447 g/mol. The molecule has 1 heterocycles. The molecule has 7 N–H and O–H groups in total. The van der Waals surface area contributed by atoms with E-state index in [1.54, 1.807) is 30.3 Å². The molecule has 1 fully saturated rings. The Morgan fingerprint density at radius 3 is 2.38 bits per heavy atom. The van der Waals surface area contributed by atoms with E-state index in [0.29, 0.717) is 12.8 Å². The number of nitrogens with one attached hydrogen (secondary N) is 2. The van der Waals surface area contributed by atoms with Gasteiger partial charge in [-0.15, -0.1) is 0 Å². The van der Waals surface area contributed by atoms with Crippen LogP contribution in [-0.2, 0) is 30.4 Å². The number of carboxylic acids is 1. The molecule has 11 heteroatoms. The fraction of sp³-hybridized carbons (Fsp3) is 0.476. The van der Waals surface area contributed by atoms with Crippen LogP contribution in [0.15, 0.2) is 30.3 Å². The zero-order valence-electron chi connectivity index (χ0n) is 17.7. The maximum Gasteiger partial charge on any atom is 0.326 e. The van der Waals surface area contributed by atoms with Crippen molar-refractivity contribution in [2.24, 2.45) is 11.5 Å². The number of carbonyl (C=O) groups excluding carboxylic acids is 4. The molecule has 11 nitrogen and oxygen atoms in total. The molecule has 1 aromatic rings. The Balaban J connectivity index is 2.10. The monoisotopic (exact) mass is 447 g/mol. The molecular formula is C21H29N5O6. The second-order valence-corrected chi connectivity index (χ2v) is 7.61. The SMILES string of the molecule is NCC(=O)N[C@@H](CCC(N)=O)C(=O)N1CCC[C@H]1C(=O)N[C@@H](Cc1ccccc1)C(=O)O. The summed E-state index contributed by atoms with van der Waals surface area (Å²) in [6, 6.07) is 5.76. The van der Waals surface area contributed by atoms with E-state index in [4.69, 9.17) is 11.5 Å². The van der Waals surface area contributed by atoms with Crippen LogP contribution in [-0.4, -0.2) is 70.8 Å². The first-order valence-electron chi connectivity index (χ1n) is 10.4. The van der Waals surface area contributed by atoms with Crippen LogP contribution < -0.4 is 22.1 Å². The third kappa shape index (κ3) is 7.05. The van der Waals surface area contributed by atoms with Gasteiger partial charge in [-0.2, -0.15) is 0 Å². The summed E-state index contributed by atoms with van der Waals surface area (Å²) in [4.78, 5) is 61.8. The van der Waals surface area contributed by atoms with Crippen molar-refractivity contribution in [2.75, 3.05) is 13.1 Å². The van der Waals surface area contributed by atoms with E-state index in [0.717, 1.165) is 5.56 Å². The molecule has 0 saturated carbocycles. The standard InChI is InChI=1S/C21H29N5O6/c22-12-18(28)24-14(8-9-17(23)27)20(30)26-10-4-7-16(26)19(29)25-15(21(31)32)11-13-5-2-1-3-6-13/h1-3,5-6,14-16H,4,7-12,22H2,(H2,23,27)(H,24,28)(H,25,29)(H,31,32)/t14-,15-,16-/m0/s1. The van der Waals surface area contributed by atoms with E-state index in [1.807, 2.05) is 0 Å². The fourth-order valence-corrected chi connectivity index (χ4v) is 3.62. The Morgan fingerprint density at radius 1 is 1.09 bits per heavy atom. The molecule has 0 aromatic heterocycles. The molecule has 4 amide bonds. The molecule has 1 aromatic carbocycles. The maximum absolute atomic E-state index is 13.1. The third-order valence-corrected chi connectivity index (χ3v) is 5.23. The minimum absolute atomic E-state index is 0.0312. The summed E-state index contributed by atoms with van der Waals surface area (Å²) in [6.45, 7) is -0.0804. The first-order valence-corrected chi connectivity index (χ1v) is 10.4. The summed E-state index contributed by atoms with van der Waals surface area (Å²) < 4.78 is 0. The lowest BCUT2D eigenvalue weighted by molar-refractivity contribution is -0.144. The Labute approximate surface area is 185 Å². The Bertz CT molecular complexity index is 846. The van der Waals surface area contributed by atoms with Crippen molar-refractivity contribution in [1.82, 2.24) is 15.5 Å². The minimum atomic E-state index is -1.19. The smallest absolute Gasteiger partial charge is 0.326 e. The maximum atomic E-state index is 13.1. The van der Waals surface area contributed by atoms with E-state index in [9.17, 15) is 29.1 Å². The molecule has 1 saturated heterocycles. The van der Waals surface area contributed by atoms with Gasteiger partial charge in [0.15, 0.2) is 0 Å². The number of nitrogens with zero attached hydrogens (tertiary/aromatic N) is 1. The molecule has 1 aliphatic heterocycles. The highest BCUT2D eigenvalue weighted by molar-refractivity contribution is 5.94. The lowest BCUT2D eigenvalue weighted by Gasteiger charge is -2.29. The van der Waals surface area contributed by atoms with Gasteiger partial charge in [0.05, 0.1) is 6.54 Å². The zero-order chi connectivity index (χ0) is 23.7. The van der Waals surface area contributed by atoms with Crippen LogP contribution in [0.3, 0.4) is 0 Å². The van der Waals surface area contributed by atoms with Crippen molar-refractivity contribution in [3.8, 4) is 0 Å². The number of nitrogens with two attached hydrogens (primary N) is 2. The van der Waals surface area contributed by atoms with Crippen LogP contribution in [0, 0.1) is 0 Å². The number of aliphatic carboxylic acids is 1. The summed E-state index contributed by atoms with van der Waals surface area (Å²) in [5, 5.41) is 14.5. The Hall–Kier alpha value is -3.47. The van der Waals surface area contributed by atoms with Crippen LogP contribution in [0.1, 0.15) is 31.2 Å². The van der Waals surface area contributed by atoms with Crippen LogP contribution in [0.4, 0.5) is 0 Å². The van der Waals surface area contributed by atoms with Crippen molar-refractivity contribution in [3.05, 3.63) is 35.9 Å². The van der Waals surface area contributed by atoms with Gasteiger partial charge in [0.1, 0.15) is 18.1 Å². The van der Waals surface area contributed by atoms with E-state index in [-0.39, 0.29) is 32.4 Å². The highest BCUT2D eigenvalue weighted by Crippen LogP contribution is 2.20. The molecule has 0 aliphatic carbocycles. The molecule has 0 spiro atoms. The quantitative estimate of drug-likeness (QED) is 0.273. The number of likely N-dealkylation sites (tertiary alicyclic amines) is 1. The fourth-order valence-electron chi connectivity index (χ4n) is 3.62. The average Bonchev–Trinajstić information content (AvgIpc) is 3.26. The number of carboxylic acid groups (broad SMARTS) is 1. The number of primary amides is 1. The summed E-state index contributed by atoms with van der Waals surface area (Å²) in [7, 11) is 0. The van der Waals surface area contributed by atoms with Gasteiger partial charge in [0.25, 0.3) is 0 Å². The topological polar surface area (TPSA) is 185 Å². The molecule has 0 unspecified atom stereocenters. The van der Waals surface area contributed by atoms with Gasteiger partial charge in [-0.1, -0.05) is 30.3 Å².